The number of nitrogens with one attached hydrogen (secondary N) is 1. The number of aliphatic imine (C=N–C) groups is 1. The van der Waals surface area contributed by atoms with Gasteiger partial charge < -0.3 is 10.4 Å². The van der Waals surface area contributed by atoms with Crippen LogP contribution in [-0.2, 0) is 15.6 Å². The highest BCUT2D eigenvalue weighted by molar-refractivity contribution is 6.25. The summed E-state index contributed by atoms with van der Waals surface area (Å²) in [6.07, 6.45) is 3.58. The van der Waals surface area contributed by atoms with Gasteiger partial charge in [-0.05, 0) is 57.0 Å². The maximum absolute atomic E-state index is 13.3. The van der Waals surface area contributed by atoms with E-state index in [1.165, 1.54) is 27.1 Å². The second-order valence-electron chi connectivity index (χ2n) is 11.5. The third kappa shape index (κ3) is 2.97. The summed E-state index contributed by atoms with van der Waals surface area (Å²) >= 11 is 0. The normalized spacial score (nSPS) is 21.1. The average Bonchev–Trinajstić information content (AvgIpc) is 3.33. The van der Waals surface area contributed by atoms with Crippen molar-refractivity contribution in [2.75, 3.05) is 5.32 Å². The van der Waals surface area contributed by atoms with Gasteiger partial charge in [0.1, 0.15) is 5.76 Å². The number of Topliss-reactive ketones (excluding diaryl/α,β-unsaturated/α-hetero) is 1. The first-order chi connectivity index (χ1) is 18.2. The summed E-state index contributed by atoms with van der Waals surface area (Å²) < 4.78 is 0. The van der Waals surface area contributed by atoms with Crippen LogP contribution in [-0.4, -0.2) is 16.6 Å². The zero-order valence-corrected chi connectivity index (χ0v) is 21.9. The van der Waals surface area contributed by atoms with Crippen LogP contribution in [0.2, 0.25) is 0 Å². The Morgan fingerprint density at radius 2 is 1.39 bits per heavy atom. The fraction of sp³-hybridized carbons (Fsp3) is 0.176. The van der Waals surface area contributed by atoms with Crippen molar-refractivity contribution in [1.82, 2.24) is 0 Å². The van der Waals surface area contributed by atoms with Crippen molar-refractivity contribution in [2.24, 2.45) is 4.99 Å². The minimum absolute atomic E-state index is 0.0280. The standard InChI is InChI=1S/C34H28N2O2/c1-33(2)27(35-25-15-13-19-9-5-7-11-21(19)29(25)33)17-23-31(37)24(32(23)38)18-28-34(3,4)30-22-12-8-6-10-20(22)14-16-26(30)36-28/h5-18,35,37H,1-4H3/b24-18-,27-17-. The summed E-state index contributed by atoms with van der Waals surface area (Å²) in [5.41, 5.74) is 5.91. The molecule has 0 amide bonds. The molecule has 186 valence electrons. The molecule has 2 heterocycles. The molecule has 3 aliphatic rings. The van der Waals surface area contributed by atoms with Gasteiger partial charge in [0.25, 0.3) is 0 Å². The molecule has 4 aromatic carbocycles. The van der Waals surface area contributed by atoms with E-state index in [9.17, 15) is 9.90 Å². The Hall–Kier alpha value is -4.44. The van der Waals surface area contributed by atoms with E-state index < -0.39 is 5.41 Å². The number of carbonyl (C=O) groups is 1. The van der Waals surface area contributed by atoms with Gasteiger partial charge in [-0.3, -0.25) is 9.79 Å². The van der Waals surface area contributed by atoms with E-state index >= 15 is 0 Å². The molecule has 4 aromatic rings. The topological polar surface area (TPSA) is 61.7 Å². The molecular formula is C34H28N2O2. The highest BCUT2D eigenvalue weighted by Gasteiger charge is 2.41. The van der Waals surface area contributed by atoms with Crippen LogP contribution >= 0.6 is 0 Å². The van der Waals surface area contributed by atoms with Crippen LogP contribution in [0.15, 0.2) is 113 Å². The molecule has 7 rings (SSSR count). The zero-order chi connectivity index (χ0) is 26.4. The number of carbonyl (C=O) groups excluding carboxylic acids is 1. The third-order valence-corrected chi connectivity index (χ3v) is 8.48. The predicted octanol–water partition coefficient (Wildman–Crippen LogP) is 7.97. The van der Waals surface area contributed by atoms with E-state index in [0.717, 1.165) is 28.3 Å². The lowest BCUT2D eigenvalue weighted by atomic mass is 9.76. The number of anilines is 1. The number of ketones is 1. The Morgan fingerprint density at radius 1 is 0.763 bits per heavy atom. The molecule has 1 aliphatic carbocycles. The highest BCUT2D eigenvalue weighted by Crippen LogP contribution is 2.49. The highest BCUT2D eigenvalue weighted by atomic mass is 16.3. The molecule has 4 nitrogen and oxygen atoms in total. The van der Waals surface area contributed by atoms with Gasteiger partial charge in [-0.15, -0.1) is 0 Å². The van der Waals surface area contributed by atoms with Crippen LogP contribution in [0.3, 0.4) is 0 Å². The Kier molecular flexibility index (Phi) is 4.51. The summed E-state index contributed by atoms with van der Waals surface area (Å²) in [6.45, 7) is 8.55. The van der Waals surface area contributed by atoms with Gasteiger partial charge >= 0.3 is 0 Å². The van der Waals surface area contributed by atoms with Gasteiger partial charge in [0.05, 0.1) is 22.5 Å². The molecule has 0 bridgehead atoms. The summed E-state index contributed by atoms with van der Waals surface area (Å²) in [6, 6.07) is 25.0. The minimum atomic E-state index is -0.393. The quantitative estimate of drug-likeness (QED) is 0.277. The predicted molar refractivity (Wildman–Crippen MR) is 155 cm³/mol. The van der Waals surface area contributed by atoms with Gasteiger partial charge in [0, 0.05) is 22.2 Å². The van der Waals surface area contributed by atoms with Crippen LogP contribution in [0.4, 0.5) is 11.4 Å². The molecule has 0 saturated carbocycles. The van der Waals surface area contributed by atoms with E-state index in [-0.39, 0.29) is 17.0 Å². The van der Waals surface area contributed by atoms with Crippen molar-refractivity contribution in [3.63, 3.8) is 0 Å². The van der Waals surface area contributed by atoms with E-state index in [1.807, 2.05) is 30.3 Å². The monoisotopic (exact) mass is 496 g/mol. The molecule has 4 heteroatoms. The number of benzene rings is 4. The molecule has 2 N–H and O–H groups in total. The van der Waals surface area contributed by atoms with E-state index in [0.29, 0.717) is 11.1 Å². The largest absolute Gasteiger partial charge is 0.506 e. The molecule has 0 atom stereocenters. The Balaban J connectivity index is 1.26. The van der Waals surface area contributed by atoms with E-state index in [1.54, 1.807) is 6.08 Å². The number of fused-ring (bicyclic) bond motifs is 6. The van der Waals surface area contributed by atoms with Gasteiger partial charge in [-0.25, -0.2) is 0 Å². The van der Waals surface area contributed by atoms with Crippen LogP contribution in [0.1, 0.15) is 38.8 Å². The number of rotatable bonds is 2. The van der Waals surface area contributed by atoms with Crippen LogP contribution < -0.4 is 5.32 Å². The van der Waals surface area contributed by atoms with Crippen molar-refractivity contribution in [1.29, 1.82) is 0 Å². The minimum Gasteiger partial charge on any atom is -0.506 e. The van der Waals surface area contributed by atoms with Crippen molar-refractivity contribution >= 4 is 44.4 Å². The first kappa shape index (κ1) is 22.7. The van der Waals surface area contributed by atoms with Gasteiger partial charge in [0.2, 0.25) is 5.78 Å². The van der Waals surface area contributed by atoms with Crippen molar-refractivity contribution in [3.8, 4) is 0 Å². The maximum Gasteiger partial charge on any atom is 0.200 e. The lowest BCUT2D eigenvalue weighted by Crippen LogP contribution is -2.28. The first-order valence-electron chi connectivity index (χ1n) is 13.0. The lowest BCUT2D eigenvalue weighted by Gasteiger charge is -2.26. The Labute approximate surface area is 221 Å². The average molecular weight is 497 g/mol. The van der Waals surface area contributed by atoms with Crippen molar-refractivity contribution in [2.45, 2.75) is 38.5 Å². The molecule has 0 spiro atoms. The first-order valence-corrected chi connectivity index (χ1v) is 13.0. The maximum atomic E-state index is 13.3. The summed E-state index contributed by atoms with van der Waals surface area (Å²) in [5, 5.41) is 19.3. The molecular weight excluding hydrogens is 468 g/mol. The van der Waals surface area contributed by atoms with Crippen molar-refractivity contribution in [3.05, 3.63) is 119 Å². The number of aliphatic hydroxyl groups is 1. The van der Waals surface area contributed by atoms with Crippen LogP contribution in [0, 0.1) is 0 Å². The molecule has 0 fully saturated rings. The smallest absolute Gasteiger partial charge is 0.200 e. The molecule has 0 unspecified atom stereocenters. The zero-order valence-electron chi connectivity index (χ0n) is 21.9. The van der Waals surface area contributed by atoms with E-state index in [2.05, 4.69) is 81.5 Å². The Morgan fingerprint density at radius 3 is 2.08 bits per heavy atom. The van der Waals surface area contributed by atoms with Crippen molar-refractivity contribution < 1.29 is 9.90 Å². The molecule has 2 aliphatic heterocycles. The summed E-state index contributed by atoms with van der Waals surface area (Å²) in [4.78, 5) is 18.2. The fourth-order valence-electron chi connectivity index (χ4n) is 6.31. The van der Waals surface area contributed by atoms with Gasteiger partial charge in [-0.2, -0.15) is 0 Å². The van der Waals surface area contributed by atoms with Crippen LogP contribution in [0.25, 0.3) is 21.5 Å². The Bertz CT molecular complexity index is 1860. The third-order valence-electron chi connectivity index (χ3n) is 8.48. The number of hydrogen-bond donors (Lipinski definition) is 2. The second-order valence-corrected chi connectivity index (χ2v) is 11.5. The van der Waals surface area contributed by atoms with Gasteiger partial charge in [-0.1, -0.05) is 88.4 Å². The number of nitrogens with zero attached hydrogens (tertiary/aromatic N) is 1. The molecule has 38 heavy (non-hydrogen) atoms. The van der Waals surface area contributed by atoms with Crippen LogP contribution in [0.5, 0.6) is 0 Å². The summed E-state index contributed by atoms with van der Waals surface area (Å²) in [7, 11) is 0. The molecule has 0 saturated heterocycles. The van der Waals surface area contributed by atoms with Gasteiger partial charge in [0.15, 0.2) is 0 Å². The number of aliphatic hydroxyl groups excluding tert-OH is 1. The lowest BCUT2D eigenvalue weighted by molar-refractivity contribution is -0.113. The fourth-order valence-corrected chi connectivity index (χ4v) is 6.31. The SMILES string of the molecule is CC1(C)C(/C=C2\C(=O)C(/C=C3\Nc4ccc5ccccc5c4C3(C)C)=C2O)=Nc2ccc3ccccc3c21. The number of allylic oxidation sites excluding steroid dienone is 5. The molecule has 0 radical (unpaired) electrons. The summed E-state index contributed by atoms with van der Waals surface area (Å²) in [5.74, 6) is -0.132. The second kappa shape index (κ2) is 7.55. The van der Waals surface area contributed by atoms with E-state index in [4.69, 9.17) is 4.99 Å². The molecule has 0 aromatic heterocycles. The number of hydrogen-bond acceptors (Lipinski definition) is 4.